The van der Waals surface area contributed by atoms with Crippen LogP contribution >= 0.6 is 0 Å². The molecule has 8 nitrogen and oxygen atoms in total. The molecule has 1 saturated heterocycles. The predicted molar refractivity (Wildman–Crippen MR) is 154 cm³/mol. The summed E-state index contributed by atoms with van der Waals surface area (Å²) in [5, 5.41) is 5.89. The third kappa shape index (κ3) is 4.49. The lowest BCUT2D eigenvalue weighted by Gasteiger charge is -2.36. The molecule has 1 N–H and O–H groups in total. The van der Waals surface area contributed by atoms with Crippen LogP contribution in [0.1, 0.15) is 0 Å². The number of amides is 1. The van der Waals surface area contributed by atoms with Gasteiger partial charge >= 0.3 is 0 Å². The summed E-state index contributed by atoms with van der Waals surface area (Å²) < 4.78 is 1.95. The van der Waals surface area contributed by atoms with E-state index in [-0.39, 0.29) is 12.5 Å². The van der Waals surface area contributed by atoms with Crippen LogP contribution in [0.2, 0.25) is 0 Å². The fourth-order valence-corrected chi connectivity index (χ4v) is 5.15. The fourth-order valence-electron chi connectivity index (χ4n) is 5.15. The highest BCUT2D eigenvalue weighted by Gasteiger charge is 2.23. The number of piperazine rings is 1. The van der Waals surface area contributed by atoms with Gasteiger partial charge in [-0.3, -0.25) is 14.2 Å². The first-order valence-electron chi connectivity index (χ1n) is 12.9. The lowest BCUT2D eigenvalue weighted by molar-refractivity contribution is -0.129. The molecular weight excluding hydrogens is 474 g/mol. The first-order valence-corrected chi connectivity index (χ1v) is 12.9. The first-order chi connectivity index (χ1) is 18.6. The van der Waals surface area contributed by atoms with Gasteiger partial charge in [0.25, 0.3) is 0 Å². The van der Waals surface area contributed by atoms with E-state index in [1.165, 1.54) is 16.5 Å². The van der Waals surface area contributed by atoms with Crippen molar-refractivity contribution >= 4 is 39.5 Å². The Balaban J connectivity index is 1.16. The van der Waals surface area contributed by atoms with Crippen molar-refractivity contribution in [2.24, 2.45) is 0 Å². The lowest BCUT2D eigenvalue weighted by atomic mass is 10.1. The minimum Gasteiger partial charge on any atom is -0.378 e. The molecule has 192 valence electrons. The van der Waals surface area contributed by atoms with E-state index in [1.54, 1.807) is 12.4 Å². The van der Waals surface area contributed by atoms with Crippen LogP contribution in [0.25, 0.3) is 27.7 Å². The molecule has 1 fully saturated rings. The van der Waals surface area contributed by atoms with Crippen LogP contribution in [0, 0.1) is 0 Å². The zero-order chi connectivity index (χ0) is 26.1. The van der Waals surface area contributed by atoms with Crippen molar-refractivity contribution in [3.05, 3.63) is 85.3 Å². The molecule has 2 aromatic heterocycles. The molecule has 0 bridgehead atoms. The van der Waals surface area contributed by atoms with E-state index >= 15 is 0 Å². The summed E-state index contributed by atoms with van der Waals surface area (Å²) in [7, 11) is 4.04. The van der Waals surface area contributed by atoms with Crippen molar-refractivity contribution < 1.29 is 4.79 Å². The second kappa shape index (κ2) is 10.0. The SMILES string of the molecule is CN(C)c1ccc(-c2nc3cnccn3c2NCC(=O)N2CCN(c3cccc4ccccc34)CC2)cc1. The van der Waals surface area contributed by atoms with E-state index in [2.05, 4.69) is 86.8 Å². The molecule has 1 aliphatic heterocycles. The van der Waals surface area contributed by atoms with Crippen LogP contribution in [0.3, 0.4) is 0 Å². The lowest BCUT2D eigenvalue weighted by Crippen LogP contribution is -2.50. The predicted octanol–water partition coefficient (Wildman–Crippen LogP) is 4.38. The molecule has 38 heavy (non-hydrogen) atoms. The second-order valence-electron chi connectivity index (χ2n) is 9.77. The number of nitrogens with zero attached hydrogens (tertiary/aromatic N) is 6. The molecule has 3 aromatic carbocycles. The Bertz CT molecular complexity index is 1580. The summed E-state index contributed by atoms with van der Waals surface area (Å²) in [4.78, 5) is 28.7. The van der Waals surface area contributed by atoms with Gasteiger partial charge in [0.2, 0.25) is 5.91 Å². The number of anilines is 3. The summed E-state index contributed by atoms with van der Waals surface area (Å²) in [5.74, 6) is 0.878. The Kier molecular flexibility index (Phi) is 6.29. The topological polar surface area (TPSA) is 69.0 Å². The Labute approximate surface area is 222 Å². The molecule has 0 atom stereocenters. The maximum absolute atomic E-state index is 13.2. The van der Waals surface area contributed by atoms with Crippen molar-refractivity contribution in [2.45, 2.75) is 0 Å². The van der Waals surface area contributed by atoms with E-state index in [4.69, 9.17) is 4.98 Å². The van der Waals surface area contributed by atoms with Gasteiger partial charge in [-0.05, 0) is 23.6 Å². The Hall–Kier alpha value is -4.59. The highest BCUT2D eigenvalue weighted by atomic mass is 16.2. The van der Waals surface area contributed by atoms with Crippen molar-refractivity contribution in [3.8, 4) is 11.3 Å². The normalized spacial score (nSPS) is 13.7. The average Bonchev–Trinajstić information content (AvgIpc) is 3.34. The summed E-state index contributed by atoms with van der Waals surface area (Å²) in [6.45, 7) is 3.21. The molecule has 0 radical (unpaired) electrons. The minimum absolute atomic E-state index is 0.0838. The summed E-state index contributed by atoms with van der Waals surface area (Å²) >= 11 is 0. The van der Waals surface area contributed by atoms with Gasteiger partial charge in [-0.2, -0.15) is 0 Å². The highest BCUT2D eigenvalue weighted by molar-refractivity contribution is 5.94. The van der Waals surface area contributed by atoms with Gasteiger partial charge in [-0.1, -0.05) is 48.5 Å². The van der Waals surface area contributed by atoms with Gasteiger partial charge in [-0.15, -0.1) is 0 Å². The molecule has 3 heterocycles. The van der Waals surface area contributed by atoms with Crippen LogP contribution in [0.5, 0.6) is 0 Å². The number of rotatable bonds is 6. The van der Waals surface area contributed by atoms with Crippen molar-refractivity contribution in [3.63, 3.8) is 0 Å². The van der Waals surface area contributed by atoms with Gasteiger partial charge in [0, 0.05) is 75.0 Å². The standard InChI is InChI=1S/C30H31N7O/c1-34(2)24-12-10-23(11-13-24)29-30(37-15-14-31-20-27(37)33-29)32-21-28(38)36-18-16-35(17-19-36)26-9-5-7-22-6-3-4-8-25(22)26/h3-15,20,32H,16-19,21H2,1-2H3. The number of hydrogen-bond donors (Lipinski definition) is 1. The van der Waals surface area contributed by atoms with E-state index in [9.17, 15) is 4.79 Å². The third-order valence-corrected chi connectivity index (χ3v) is 7.23. The van der Waals surface area contributed by atoms with E-state index in [1.807, 2.05) is 29.6 Å². The molecule has 8 heteroatoms. The van der Waals surface area contributed by atoms with Gasteiger partial charge in [-0.25, -0.2) is 4.98 Å². The smallest absolute Gasteiger partial charge is 0.242 e. The van der Waals surface area contributed by atoms with Crippen molar-refractivity contribution in [2.75, 3.05) is 61.9 Å². The number of imidazole rings is 1. The average molecular weight is 506 g/mol. The molecule has 0 aliphatic carbocycles. The molecule has 0 spiro atoms. The quantitative estimate of drug-likeness (QED) is 0.370. The number of aromatic nitrogens is 3. The second-order valence-corrected chi connectivity index (χ2v) is 9.77. The van der Waals surface area contributed by atoms with Crippen molar-refractivity contribution in [1.29, 1.82) is 0 Å². The van der Waals surface area contributed by atoms with Crippen LogP contribution < -0.4 is 15.1 Å². The van der Waals surface area contributed by atoms with Crippen LogP contribution in [-0.4, -0.2) is 72.0 Å². The van der Waals surface area contributed by atoms with Gasteiger partial charge in [0.1, 0.15) is 11.5 Å². The van der Waals surface area contributed by atoms with Crippen LogP contribution in [-0.2, 0) is 4.79 Å². The summed E-state index contributed by atoms with van der Waals surface area (Å²) in [6, 6.07) is 23.2. The van der Waals surface area contributed by atoms with Gasteiger partial charge in [0.15, 0.2) is 5.65 Å². The molecular formula is C30H31N7O. The van der Waals surface area contributed by atoms with E-state index < -0.39 is 0 Å². The summed E-state index contributed by atoms with van der Waals surface area (Å²) in [5.41, 5.74) is 4.87. The largest absolute Gasteiger partial charge is 0.378 e. The van der Waals surface area contributed by atoms with Gasteiger partial charge in [0.05, 0.1) is 12.7 Å². The Morgan fingerprint density at radius 1 is 0.947 bits per heavy atom. The Morgan fingerprint density at radius 2 is 1.71 bits per heavy atom. The van der Waals surface area contributed by atoms with Crippen LogP contribution in [0.4, 0.5) is 17.2 Å². The molecule has 0 saturated carbocycles. The number of fused-ring (bicyclic) bond motifs is 2. The zero-order valence-corrected chi connectivity index (χ0v) is 21.7. The molecule has 5 aromatic rings. The van der Waals surface area contributed by atoms with Crippen LogP contribution in [0.15, 0.2) is 85.3 Å². The summed E-state index contributed by atoms with van der Waals surface area (Å²) in [6.07, 6.45) is 5.33. The molecule has 1 amide bonds. The number of carbonyl (C=O) groups excluding carboxylic acids is 1. The number of nitrogens with one attached hydrogen (secondary N) is 1. The molecule has 1 aliphatic rings. The fraction of sp³-hybridized carbons (Fsp3) is 0.233. The Morgan fingerprint density at radius 3 is 2.50 bits per heavy atom. The number of hydrogen-bond acceptors (Lipinski definition) is 6. The number of benzene rings is 3. The minimum atomic E-state index is 0.0838. The highest BCUT2D eigenvalue weighted by Crippen LogP contribution is 2.30. The van der Waals surface area contributed by atoms with Crippen molar-refractivity contribution in [1.82, 2.24) is 19.3 Å². The molecule has 0 unspecified atom stereocenters. The zero-order valence-electron chi connectivity index (χ0n) is 21.7. The maximum atomic E-state index is 13.2. The maximum Gasteiger partial charge on any atom is 0.242 e. The third-order valence-electron chi connectivity index (χ3n) is 7.23. The van der Waals surface area contributed by atoms with Gasteiger partial charge < -0.3 is 20.0 Å². The van der Waals surface area contributed by atoms with E-state index in [0.29, 0.717) is 13.1 Å². The monoisotopic (exact) mass is 505 g/mol. The number of carbonyl (C=O) groups is 1. The first kappa shape index (κ1) is 23.8. The van der Waals surface area contributed by atoms with E-state index in [0.717, 1.165) is 41.5 Å². The molecule has 6 rings (SSSR count).